The Hall–Kier alpha value is -0.0800. The van der Waals surface area contributed by atoms with Crippen molar-refractivity contribution in [3.63, 3.8) is 0 Å². The van der Waals surface area contributed by atoms with Crippen molar-refractivity contribution in [2.45, 2.75) is 64.0 Å². The molecule has 0 aromatic heterocycles. The maximum absolute atomic E-state index is 5.86. The van der Waals surface area contributed by atoms with Gasteiger partial charge >= 0.3 is 0 Å². The maximum atomic E-state index is 5.86. The van der Waals surface area contributed by atoms with Gasteiger partial charge in [0.1, 0.15) is 0 Å². The molecular formula is C13H25NO. The van der Waals surface area contributed by atoms with Crippen LogP contribution in [0.3, 0.4) is 0 Å². The zero-order valence-electron chi connectivity index (χ0n) is 10.0. The summed E-state index contributed by atoms with van der Waals surface area (Å²) in [6, 6.07) is 0.637. The highest BCUT2D eigenvalue weighted by atomic mass is 16.5. The molecule has 2 nitrogen and oxygen atoms in total. The van der Waals surface area contributed by atoms with Gasteiger partial charge in [-0.1, -0.05) is 26.2 Å². The quantitative estimate of drug-likeness (QED) is 0.772. The maximum Gasteiger partial charge on any atom is 0.0731 e. The molecule has 0 radical (unpaired) electrons. The summed E-state index contributed by atoms with van der Waals surface area (Å²) in [5, 5.41) is 3.67. The second-order valence-electron chi connectivity index (χ2n) is 5.03. The van der Waals surface area contributed by atoms with Gasteiger partial charge in [0.15, 0.2) is 0 Å². The van der Waals surface area contributed by atoms with Crippen molar-refractivity contribution in [2.24, 2.45) is 5.92 Å². The molecule has 1 heterocycles. The summed E-state index contributed by atoms with van der Waals surface area (Å²) in [7, 11) is 0. The molecule has 1 aliphatic carbocycles. The highest BCUT2D eigenvalue weighted by molar-refractivity contribution is 4.87. The molecule has 0 aromatic carbocycles. The summed E-state index contributed by atoms with van der Waals surface area (Å²) in [5.41, 5.74) is 0. The zero-order valence-corrected chi connectivity index (χ0v) is 10.0. The van der Waals surface area contributed by atoms with Gasteiger partial charge in [-0.25, -0.2) is 0 Å². The topological polar surface area (TPSA) is 21.3 Å². The van der Waals surface area contributed by atoms with Crippen molar-refractivity contribution in [1.82, 2.24) is 5.32 Å². The van der Waals surface area contributed by atoms with Gasteiger partial charge in [-0.15, -0.1) is 0 Å². The van der Waals surface area contributed by atoms with Crippen LogP contribution in [0.1, 0.15) is 51.9 Å². The third-order valence-corrected chi connectivity index (χ3v) is 3.96. The summed E-state index contributed by atoms with van der Waals surface area (Å²) in [4.78, 5) is 0. The number of hydrogen-bond acceptors (Lipinski definition) is 2. The SMILES string of the molecule is CCNC(C1CCCCC1)C1CCCO1. The molecular weight excluding hydrogens is 186 g/mol. The van der Waals surface area contributed by atoms with Crippen LogP contribution < -0.4 is 5.32 Å². The van der Waals surface area contributed by atoms with Gasteiger partial charge in [-0.2, -0.15) is 0 Å². The molecule has 2 rings (SSSR count). The Bertz CT molecular complexity index is 171. The largest absolute Gasteiger partial charge is 0.377 e. The average Bonchev–Trinajstić information content (AvgIpc) is 2.80. The van der Waals surface area contributed by atoms with Crippen LogP contribution in [0.5, 0.6) is 0 Å². The van der Waals surface area contributed by atoms with E-state index in [2.05, 4.69) is 12.2 Å². The van der Waals surface area contributed by atoms with Crippen LogP contribution in [0.25, 0.3) is 0 Å². The molecule has 0 bridgehead atoms. The molecule has 2 atom stereocenters. The normalized spacial score (nSPS) is 30.6. The predicted octanol–water partition coefficient (Wildman–Crippen LogP) is 2.72. The van der Waals surface area contributed by atoms with E-state index in [1.807, 2.05) is 0 Å². The van der Waals surface area contributed by atoms with E-state index in [0.29, 0.717) is 12.1 Å². The van der Waals surface area contributed by atoms with Gasteiger partial charge in [0, 0.05) is 12.6 Å². The number of ether oxygens (including phenoxy) is 1. The first-order chi connectivity index (χ1) is 7.42. The van der Waals surface area contributed by atoms with E-state index >= 15 is 0 Å². The van der Waals surface area contributed by atoms with Crippen molar-refractivity contribution in [3.05, 3.63) is 0 Å². The average molecular weight is 211 g/mol. The van der Waals surface area contributed by atoms with Crippen LogP contribution in [0, 0.1) is 5.92 Å². The standard InChI is InChI=1S/C13H25NO/c1-2-14-13(12-9-6-10-15-12)11-7-4-3-5-8-11/h11-14H,2-10H2,1H3. The Morgan fingerprint density at radius 2 is 1.93 bits per heavy atom. The van der Waals surface area contributed by atoms with E-state index < -0.39 is 0 Å². The Morgan fingerprint density at radius 1 is 1.13 bits per heavy atom. The van der Waals surface area contributed by atoms with Gasteiger partial charge in [0.25, 0.3) is 0 Å². The van der Waals surface area contributed by atoms with Crippen LogP contribution in [-0.2, 0) is 4.74 Å². The van der Waals surface area contributed by atoms with E-state index in [1.54, 1.807) is 0 Å². The van der Waals surface area contributed by atoms with E-state index in [4.69, 9.17) is 4.74 Å². The molecule has 2 aliphatic rings. The Labute approximate surface area is 93.8 Å². The third kappa shape index (κ3) is 2.94. The summed E-state index contributed by atoms with van der Waals surface area (Å²) >= 11 is 0. The summed E-state index contributed by atoms with van der Waals surface area (Å²) in [6.07, 6.45) is 10.2. The van der Waals surface area contributed by atoms with Gasteiger partial charge in [0.2, 0.25) is 0 Å². The van der Waals surface area contributed by atoms with Gasteiger partial charge < -0.3 is 10.1 Å². The number of hydrogen-bond donors (Lipinski definition) is 1. The minimum atomic E-state index is 0.507. The van der Waals surface area contributed by atoms with Crippen LogP contribution >= 0.6 is 0 Å². The molecule has 2 unspecified atom stereocenters. The number of nitrogens with one attached hydrogen (secondary N) is 1. The molecule has 2 heteroatoms. The van der Waals surface area contributed by atoms with Crippen LogP contribution in [0.15, 0.2) is 0 Å². The second-order valence-corrected chi connectivity index (χ2v) is 5.03. The number of likely N-dealkylation sites (N-methyl/N-ethyl adjacent to an activating group) is 1. The van der Waals surface area contributed by atoms with Crippen LogP contribution in [-0.4, -0.2) is 25.3 Å². The molecule has 15 heavy (non-hydrogen) atoms. The highest BCUT2D eigenvalue weighted by Gasteiger charge is 2.32. The molecule has 1 aliphatic heterocycles. The Morgan fingerprint density at radius 3 is 2.53 bits per heavy atom. The summed E-state index contributed by atoms with van der Waals surface area (Å²) < 4.78 is 5.86. The lowest BCUT2D eigenvalue weighted by Gasteiger charge is -2.34. The highest BCUT2D eigenvalue weighted by Crippen LogP contribution is 2.31. The van der Waals surface area contributed by atoms with Crippen LogP contribution in [0.2, 0.25) is 0 Å². The van der Waals surface area contributed by atoms with E-state index in [-0.39, 0.29) is 0 Å². The van der Waals surface area contributed by atoms with E-state index in [1.165, 1.54) is 44.9 Å². The first kappa shape index (κ1) is 11.4. The Kier molecular flexibility index (Phi) is 4.45. The molecule has 1 saturated heterocycles. The third-order valence-electron chi connectivity index (χ3n) is 3.96. The van der Waals surface area contributed by atoms with Crippen LogP contribution in [0.4, 0.5) is 0 Å². The first-order valence-electron chi connectivity index (χ1n) is 6.77. The van der Waals surface area contributed by atoms with Gasteiger partial charge in [-0.05, 0) is 38.1 Å². The summed E-state index contributed by atoms with van der Waals surface area (Å²) in [5.74, 6) is 0.877. The monoisotopic (exact) mass is 211 g/mol. The lowest BCUT2D eigenvalue weighted by molar-refractivity contribution is 0.0502. The van der Waals surface area contributed by atoms with Crippen molar-refractivity contribution in [3.8, 4) is 0 Å². The second kappa shape index (κ2) is 5.86. The lowest BCUT2D eigenvalue weighted by atomic mass is 9.81. The lowest BCUT2D eigenvalue weighted by Crippen LogP contribution is -2.45. The van der Waals surface area contributed by atoms with Crippen molar-refractivity contribution in [2.75, 3.05) is 13.2 Å². The molecule has 2 fully saturated rings. The van der Waals surface area contributed by atoms with E-state index in [9.17, 15) is 0 Å². The molecule has 0 amide bonds. The van der Waals surface area contributed by atoms with Crippen molar-refractivity contribution in [1.29, 1.82) is 0 Å². The molecule has 1 N–H and O–H groups in total. The fourth-order valence-corrected chi connectivity index (χ4v) is 3.22. The zero-order chi connectivity index (χ0) is 10.5. The molecule has 0 aromatic rings. The predicted molar refractivity (Wildman–Crippen MR) is 63.0 cm³/mol. The van der Waals surface area contributed by atoms with Gasteiger partial charge in [-0.3, -0.25) is 0 Å². The first-order valence-corrected chi connectivity index (χ1v) is 6.77. The minimum absolute atomic E-state index is 0.507. The Balaban J connectivity index is 1.90. The van der Waals surface area contributed by atoms with Crippen molar-refractivity contribution >= 4 is 0 Å². The molecule has 1 saturated carbocycles. The molecule has 88 valence electrons. The minimum Gasteiger partial charge on any atom is -0.377 e. The number of rotatable bonds is 4. The fraction of sp³-hybridized carbons (Fsp3) is 1.00. The van der Waals surface area contributed by atoms with Gasteiger partial charge in [0.05, 0.1) is 6.10 Å². The molecule has 0 spiro atoms. The summed E-state index contributed by atoms with van der Waals surface area (Å²) in [6.45, 7) is 4.28. The van der Waals surface area contributed by atoms with E-state index in [0.717, 1.165) is 19.1 Å². The van der Waals surface area contributed by atoms with Crippen molar-refractivity contribution < 1.29 is 4.74 Å². The smallest absolute Gasteiger partial charge is 0.0731 e. The fourth-order valence-electron chi connectivity index (χ4n) is 3.22.